The van der Waals surface area contributed by atoms with Gasteiger partial charge in [-0.2, -0.15) is 0 Å². The van der Waals surface area contributed by atoms with E-state index >= 15 is 0 Å². The second-order valence-corrected chi connectivity index (χ2v) is 2.17. The third kappa shape index (κ3) is 1.88. The van der Waals surface area contributed by atoms with Crippen LogP contribution in [0.25, 0.3) is 0 Å². The number of halogens is 3. The number of nitrogens with two attached hydrogens (primary N) is 1. The van der Waals surface area contributed by atoms with Crippen molar-refractivity contribution >= 4 is 5.69 Å². The summed E-state index contributed by atoms with van der Waals surface area (Å²) in [6.45, 7) is 0. The minimum Gasteiger partial charge on any atom is -0.240 e. The Balaban J connectivity index is 2.86. The molecule has 1 rings (SSSR count). The summed E-state index contributed by atoms with van der Waals surface area (Å²) in [6, 6.07) is 7.16. The van der Waals surface area contributed by atoms with Crippen molar-refractivity contribution in [2.45, 2.75) is 6.30 Å². The number of hydrogen-bond donors (Lipinski definition) is 1. The highest BCUT2D eigenvalue weighted by molar-refractivity contribution is 5.44. The lowest BCUT2D eigenvalue weighted by atomic mass is 10.3. The predicted molar refractivity (Wildman–Crippen MR) is 39.2 cm³/mol. The molecule has 5 heteroatoms. The van der Waals surface area contributed by atoms with E-state index in [4.69, 9.17) is 5.84 Å². The molecule has 0 fully saturated rings. The summed E-state index contributed by atoms with van der Waals surface area (Å²) in [5.74, 6) is 4.78. The Morgan fingerprint density at radius 2 is 1.58 bits per heavy atom. The van der Waals surface area contributed by atoms with Crippen LogP contribution in [0.15, 0.2) is 30.3 Å². The molecule has 0 unspecified atom stereocenters. The monoisotopic (exact) mass is 176 g/mol. The van der Waals surface area contributed by atoms with E-state index in [1.165, 1.54) is 24.3 Å². The maximum Gasteiger partial charge on any atom is 0.498 e. The van der Waals surface area contributed by atoms with Gasteiger partial charge in [0.1, 0.15) is 0 Å². The van der Waals surface area contributed by atoms with Gasteiger partial charge in [-0.1, -0.05) is 18.2 Å². The van der Waals surface area contributed by atoms with Crippen molar-refractivity contribution in [3.8, 4) is 0 Å². The van der Waals surface area contributed by atoms with Crippen LogP contribution in [0.3, 0.4) is 0 Å². The van der Waals surface area contributed by atoms with Gasteiger partial charge in [-0.15, -0.1) is 13.2 Å². The Morgan fingerprint density at radius 3 is 2.00 bits per heavy atom. The van der Waals surface area contributed by atoms with Crippen molar-refractivity contribution in [2.24, 2.45) is 5.84 Å². The SMILES string of the molecule is NN(c1ccccc1)C(F)(F)F. The molecular weight excluding hydrogens is 169 g/mol. The number of hydrogen-bond acceptors (Lipinski definition) is 2. The van der Waals surface area contributed by atoms with Gasteiger partial charge >= 0.3 is 6.30 Å². The summed E-state index contributed by atoms with van der Waals surface area (Å²) in [5.41, 5.74) is -0.0787. The third-order valence-electron chi connectivity index (χ3n) is 1.31. The average molecular weight is 176 g/mol. The zero-order valence-electron chi connectivity index (χ0n) is 6.05. The van der Waals surface area contributed by atoms with Gasteiger partial charge in [-0.3, -0.25) is 0 Å². The van der Waals surface area contributed by atoms with Gasteiger partial charge in [0, 0.05) is 0 Å². The number of anilines is 1. The molecule has 2 N–H and O–H groups in total. The van der Waals surface area contributed by atoms with Crippen LogP contribution in [-0.4, -0.2) is 6.30 Å². The second kappa shape index (κ2) is 3.02. The van der Waals surface area contributed by atoms with E-state index in [1.807, 2.05) is 0 Å². The van der Waals surface area contributed by atoms with E-state index < -0.39 is 6.30 Å². The molecule has 2 nitrogen and oxygen atoms in total. The number of alkyl halides is 3. The fourth-order valence-electron chi connectivity index (χ4n) is 0.735. The van der Waals surface area contributed by atoms with E-state index in [2.05, 4.69) is 0 Å². The zero-order chi connectivity index (χ0) is 9.19. The molecule has 0 aromatic heterocycles. The molecule has 0 aliphatic carbocycles. The lowest BCUT2D eigenvalue weighted by Crippen LogP contribution is -2.43. The van der Waals surface area contributed by atoms with Crippen molar-refractivity contribution in [2.75, 3.05) is 5.01 Å². The maximum atomic E-state index is 11.9. The van der Waals surface area contributed by atoms with Crippen LogP contribution in [0, 0.1) is 0 Å². The van der Waals surface area contributed by atoms with Crippen LogP contribution >= 0.6 is 0 Å². The minimum atomic E-state index is -4.53. The van der Waals surface area contributed by atoms with Crippen LogP contribution in [0.2, 0.25) is 0 Å². The van der Waals surface area contributed by atoms with Gasteiger partial charge in [0.25, 0.3) is 0 Å². The number of benzene rings is 1. The first-order valence-electron chi connectivity index (χ1n) is 3.18. The Bertz CT molecular complexity index is 245. The number of para-hydroxylation sites is 1. The van der Waals surface area contributed by atoms with Crippen LogP contribution < -0.4 is 10.9 Å². The van der Waals surface area contributed by atoms with Gasteiger partial charge < -0.3 is 0 Å². The summed E-state index contributed by atoms with van der Waals surface area (Å²) in [5, 5.41) is -0.229. The number of hydrazine groups is 1. The molecule has 0 saturated heterocycles. The van der Waals surface area contributed by atoms with Crippen molar-refractivity contribution in [1.82, 2.24) is 0 Å². The lowest BCUT2D eigenvalue weighted by molar-refractivity contribution is -0.129. The Morgan fingerprint density at radius 1 is 1.08 bits per heavy atom. The van der Waals surface area contributed by atoms with E-state index in [1.54, 1.807) is 6.07 Å². The normalized spacial score (nSPS) is 11.3. The van der Waals surface area contributed by atoms with E-state index in [-0.39, 0.29) is 10.7 Å². The molecule has 66 valence electrons. The molecule has 1 aromatic carbocycles. The number of nitrogens with zero attached hydrogens (tertiary/aromatic N) is 1. The highest BCUT2D eigenvalue weighted by Gasteiger charge is 2.35. The zero-order valence-corrected chi connectivity index (χ0v) is 6.05. The Labute approximate surface area is 67.4 Å². The van der Waals surface area contributed by atoms with Gasteiger partial charge in [-0.25, -0.2) is 10.9 Å². The molecule has 0 spiro atoms. The van der Waals surface area contributed by atoms with E-state index in [0.717, 1.165) is 0 Å². The summed E-state index contributed by atoms with van der Waals surface area (Å²) in [4.78, 5) is 0. The Hall–Kier alpha value is -1.23. The predicted octanol–water partition coefficient (Wildman–Crippen LogP) is 1.89. The summed E-state index contributed by atoms with van der Waals surface area (Å²) in [7, 11) is 0. The first-order valence-corrected chi connectivity index (χ1v) is 3.18. The van der Waals surface area contributed by atoms with Crippen molar-refractivity contribution in [3.05, 3.63) is 30.3 Å². The first kappa shape index (κ1) is 8.86. The molecule has 1 aromatic rings. The highest BCUT2D eigenvalue weighted by atomic mass is 19.4. The molecule has 0 heterocycles. The fraction of sp³-hybridized carbons (Fsp3) is 0.143. The highest BCUT2D eigenvalue weighted by Crippen LogP contribution is 2.23. The van der Waals surface area contributed by atoms with Gasteiger partial charge in [-0.05, 0) is 12.1 Å². The van der Waals surface area contributed by atoms with Crippen molar-refractivity contribution < 1.29 is 13.2 Å². The molecule has 0 amide bonds. The van der Waals surface area contributed by atoms with Crippen LogP contribution in [-0.2, 0) is 0 Å². The maximum absolute atomic E-state index is 11.9. The quantitative estimate of drug-likeness (QED) is 0.402. The smallest absolute Gasteiger partial charge is 0.240 e. The van der Waals surface area contributed by atoms with Crippen LogP contribution in [0.4, 0.5) is 18.9 Å². The lowest BCUT2D eigenvalue weighted by Gasteiger charge is -2.20. The van der Waals surface area contributed by atoms with Gasteiger partial charge in [0.05, 0.1) is 5.69 Å². The second-order valence-electron chi connectivity index (χ2n) is 2.17. The molecule has 12 heavy (non-hydrogen) atoms. The molecule has 0 bridgehead atoms. The standard InChI is InChI=1S/C7H7F3N2/c8-7(9,10)12(11)6-4-2-1-3-5-6/h1-5H,11H2. The minimum absolute atomic E-state index is 0.0787. The number of rotatable bonds is 1. The van der Waals surface area contributed by atoms with E-state index in [9.17, 15) is 13.2 Å². The topological polar surface area (TPSA) is 29.3 Å². The van der Waals surface area contributed by atoms with E-state index in [0.29, 0.717) is 0 Å². The Kier molecular flexibility index (Phi) is 2.23. The average Bonchev–Trinajstić information content (AvgIpc) is 2.03. The first-order chi connectivity index (χ1) is 5.52. The summed E-state index contributed by atoms with van der Waals surface area (Å²) in [6.07, 6.45) is -4.53. The van der Waals surface area contributed by atoms with Crippen molar-refractivity contribution in [3.63, 3.8) is 0 Å². The fourth-order valence-corrected chi connectivity index (χ4v) is 0.735. The molecule has 0 saturated carbocycles. The molecule has 0 radical (unpaired) electrons. The van der Waals surface area contributed by atoms with Gasteiger partial charge in [0.2, 0.25) is 0 Å². The van der Waals surface area contributed by atoms with Crippen LogP contribution in [0.5, 0.6) is 0 Å². The molecule has 0 atom stereocenters. The van der Waals surface area contributed by atoms with Crippen molar-refractivity contribution in [1.29, 1.82) is 0 Å². The summed E-state index contributed by atoms with van der Waals surface area (Å²) < 4.78 is 35.8. The molecular formula is C7H7F3N2. The largest absolute Gasteiger partial charge is 0.498 e. The molecule has 0 aliphatic rings. The molecule has 0 aliphatic heterocycles. The van der Waals surface area contributed by atoms with Gasteiger partial charge in [0.15, 0.2) is 0 Å². The third-order valence-corrected chi connectivity index (χ3v) is 1.31. The van der Waals surface area contributed by atoms with Crippen LogP contribution in [0.1, 0.15) is 0 Å². The summed E-state index contributed by atoms with van der Waals surface area (Å²) >= 11 is 0.